The van der Waals surface area contributed by atoms with Gasteiger partial charge in [-0.3, -0.25) is 0 Å². The van der Waals surface area contributed by atoms with Crippen LogP contribution < -0.4 is 14.2 Å². The molecule has 0 aromatic heterocycles. The number of para-hydroxylation sites is 3. The maximum absolute atomic E-state index is 11.7. The van der Waals surface area contributed by atoms with Crippen LogP contribution in [0.3, 0.4) is 0 Å². The molecule has 0 aliphatic heterocycles. The Kier molecular flexibility index (Phi) is 16.6. The second kappa shape index (κ2) is 20.8. The number of ether oxygens (including phenoxy) is 3. The van der Waals surface area contributed by atoms with Gasteiger partial charge in [-0.2, -0.15) is 0 Å². The summed E-state index contributed by atoms with van der Waals surface area (Å²) in [5, 5.41) is 11.7. The van der Waals surface area contributed by atoms with Crippen molar-refractivity contribution >= 4 is 0 Å². The maximum Gasteiger partial charge on any atom is 0.123 e. The molecule has 0 aliphatic carbocycles. The molecule has 1 N–H and O–H groups in total. The first-order valence-electron chi connectivity index (χ1n) is 21.4. The highest BCUT2D eigenvalue weighted by Crippen LogP contribution is 2.38. The van der Waals surface area contributed by atoms with Gasteiger partial charge >= 0.3 is 0 Å². The van der Waals surface area contributed by atoms with Crippen LogP contribution >= 0.6 is 0 Å². The highest BCUT2D eigenvalue weighted by molar-refractivity contribution is 5.47. The Labute approximate surface area is 335 Å². The van der Waals surface area contributed by atoms with Crippen LogP contribution in [0.15, 0.2) is 84.9 Å². The van der Waals surface area contributed by atoms with Gasteiger partial charge in [-0.1, -0.05) is 120 Å². The molecule has 0 spiro atoms. The van der Waals surface area contributed by atoms with E-state index in [2.05, 4.69) is 141 Å². The summed E-state index contributed by atoms with van der Waals surface area (Å²) in [4.78, 5) is 0. The van der Waals surface area contributed by atoms with E-state index in [0.717, 1.165) is 72.5 Å². The predicted molar refractivity (Wildman–Crippen MR) is 232 cm³/mol. The van der Waals surface area contributed by atoms with E-state index in [9.17, 15) is 5.11 Å². The molecule has 0 unspecified atom stereocenters. The van der Waals surface area contributed by atoms with E-state index < -0.39 is 16.8 Å². The molecule has 4 nitrogen and oxygen atoms in total. The van der Waals surface area contributed by atoms with Gasteiger partial charge in [0.15, 0.2) is 0 Å². The van der Waals surface area contributed by atoms with Crippen molar-refractivity contribution in [2.45, 2.75) is 175 Å². The van der Waals surface area contributed by atoms with E-state index in [0.29, 0.717) is 25.0 Å². The molecule has 55 heavy (non-hydrogen) atoms. The molecule has 300 valence electrons. The lowest BCUT2D eigenvalue weighted by atomic mass is 9.82. The molecule has 4 heteroatoms. The molecule has 0 radical (unpaired) electrons. The van der Waals surface area contributed by atoms with Crippen molar-refractivity contribution < 1.29 is 19.3 Å². The molecule has 0 saturated heterocycles. The molecule has 0 bridgehead atoms. The number of rotatable bonds is 24. The van der Waals surface area contributed by atoms with Crippen molar-refractivity contribution in [1.29, 1.82) is 0 Å². The minimum atomic E-state index is -0.591. The molecule has 4 rings (SSSR count). The number of aromatic hydroxyl groups is 1. The van der Waals surface area contributed by atoms with Gasteiger partial charge in [0.1, 0.15) is 39.8 Å². The normalized spacial score (nSPS) is 12.2. The fraction of sp³-hybridized carbons (Fsp3) is 0.529. The van der Waals surface area contributed by atoms with Crippen LogP contribution in [-0.4, -0.2) is 21.9 Å². The lowest BCUT2D eigenvalue weighted by molar-refractivity contribution is 0.0978. The predicted octanol–water partition coefficient (Wildman–Crippen LogP) is 13.8. The van der Waals surface area contributed by atoms with E-state index >= 15 is 0 Å². The minimum Gasteiger partial charge on any atom is -0.508 e. The highest BCUT2D eigenvalue weighted by atomic mass is 16.5. The zero-order valence-corrected chi connectivity index (χ0v) is 35.9. The Morgan fingerprint density at radius 3 is 1.13 bits per heavy atom. The van der Waals surface area contributed by atoms with Crippen LogP contribution in [0.5, 0.6) is 23.0 Å². The van der Waals surface area contributed by atoms with Crippen molar-refractivity contribution in [3.05, 3.63) is 118 Å². The lowest BCUT2D eigenvalue weighted by Crippen LogP contribution is -2.36. The summed E-state index contributed by atoms with van der Waals surface area (Å²) in [6.07, 6.45) is 15.4. The Balaban J connectivity index is 1.71. The second-order valence-corrected chi connectivity index (χ2v) is 17.5. The Bertz CT molecular complexity index is 1750. The summed E-state index contributed by atoms with van der Waals surface area (Å²) < 4.78 is 20.7. The first-order chi connectivity index (χ1) is 26.3. The molecular formula is C51H72O4. The van der Waals surface area contributed by atoms with Crippen molar-refractivity contribution in [2.24, 2.45) is 0 Å². The van der Waals surface area contributed by atoms with Crippen LogP contribution in [0.4, 0.5) is 0 Å². The van der Waals surface area contributed by atoms with E-state index in [4.69, 9.17) is 14.2 Å². The van der Waals surface area contributed by atoms with E-state index in [1.54, 1.807) is 0 Å². The highest BCUT2D eigenvalue weighted by Gasteiger charge is 2.32. The van der Waals surface area contributed by atoms with E-state index in [-0.39, 0.29) is 0 Å². The van der Waals surface area contributed by atoms with Gasteiger partial charge in [-0.25, -0.2) is 0 Å². The summed E-state index contributed by atoms with van der Waals surface area (Å²) in [6, 6.07) is 29.4. The van der Waals surface area contributed by atoms with Gasteiger partial charge < -0.3 is 19.3 Å². The van der Waals surface area contributed by atoms with Crippen molar-refractivity contribution in [3.63, 3.8) is 0 Å². The lowest BCUT2D eigenvalue weighted by Gasteiger charge is -2.34. The number of unbranched alkanes of at least 4 members (excludes halogenated alkanes) is 6. The van der Waals surface area contributed by atoms with Gasteiger partial charge in [-0.15, -0.1) is 0 Å². The smallest absolute Gasteiger partial charge is 0.123 e. The van der Waals surface area contributed by atoms with Gasteiger partial charge in [-0.05, 0) is 132 Å². The maximum atomic E-state index is 11.7. The molecule has 0 saturated carbocycles. The zero-order chi connectivity index (χ0) is 39.9. The largest absolute Gasteiger partial charge is 0.508 e. The van der Waals surface area contributed by atoms with Crippen LogP contribution in [0.2, 0.25) is 0 Å². The summed E-state index contributed by atoms with van der Waals surface area (Å²) in [5.74, 6) is 3.12. The fourth-order valence-corrected chi connectivity index (χ4v) is 7.75. The van der Waals surface area contributed by atoms with Crippen molar-refractivity contribution in [3.8, 4) is 23.0 Å². The third-order valence-electron chi connectivity index (χ3n) is 10.6. The average molecular weight is 749 g/mol. The van der Waals surface area contributed by atoms with E-state index in [1.807, 2.05) is 6.07 Å². The quantitative estimate of drug-likeness (QED) is 0.0725. The third-order valence-corrected chi connectivity index (χ3v) is 10.6. The molecule has 0 fully saturated rings. The SMILES string of the molecule is CCCCCc1ccccc1OC(C)(C)Cc1ccc(O)c(CC(C)(C)Oc2ccccc2CCCCC)c1CC(C)(C)Oc1ccccc1CCCCC. The van der Waals surface area contributed by atoms with E-state index in [1.165, 1.54) is 55.2 Å². The number of phenols is 1. The summed E-state index contributed by atoms with van der Waals surface area (Å²) in [5.41, 5.74) is 5.26. The Hall–Kier alpha value is -3.92. The monoisotopic (exact) mass is 749 g/mol. The van der Waals surface area contributed by atoms with Crippen molar-refractivity contribution in [2.75, 3.05) is 0 Å². The van der Waals surface area contributed by atoms with Crippen molar-refractivity contribution in [1.82, 2.24) is 0 Å². The number of phenolic OH excluding ortho intramolecular Hbond substituents is 1. The number of hydrogen-bond donors (Lipinski definition) is 1. The molecular weight excluding hydrogens is 677 g/mol. The van der Waals surface area contributed by atoms with Gasteiger partial charge in [0, 0.05) is 24.8 Å². The van der Waals surface area contributed by atoms with Gasteiger partial charge in [0.2, 0.25) is 0 Å². The third kappa shape index (κ3) is 14.0. The first-order valence-corrected chi connectivity index (χ1v) is 21.4. The number of aryl methyl sites for hydroxylation is 3. The van der Waals surface area contributed by atoms with Gasteiger partial charge in [0.05, 0.1) is 0 Å². The molecule has 0 aliphatic rings. The molecule has 4 aromatic rings. The standard InChI is InChI=1S/C51H72O4/c1-10-13-16-25-39-28-19-22-31-46(39)53-49(4,5)36-42-34-35-45(52)44(38-51(8,9)55-48-33-24-21-30-41(48)27-18-15-12-3)43(42)37-50(6,7)54-47-32-23-20-29-40(47)26-17-14-11-2/h19-24,28-35,52H,10-18,25-27,36-38H2,1-9H3. The van der Waals surface area contributed by atoms with Crippen LogP contribution in [0, 0.1) is 0 Å². The number of benzene rings is 4. The number of hydrogen-bond acceptors (Lipinski definition) is 4. The molecule has 0 atom stereocenters. The minimum absolute atomic E-state index is 0.294. The Morgan fingerprint density at radius 1 is 0.400 bits per heavy atom. The van der Waals surface area contributed by atoms with Gasteiger partial charge in [0.25, 0.3) is 0 Å². The summed E-state index contributed by atoms with van der Waals surface area (Å²) in [7, 11) is 0. The molecule has 0 heterocycles. The Morgan fingerprint density at radius 2 is 0.745 bits per heavy atom. The topological polar surface area (TPSA) is 47.9 Å². The molecule has 4 aromatic carbocycles. The van der Waals surface area contributed by atoms with Crippen LogP contribution in [-0.2, 0) is 38.5 Å². The van der Waals surface area contributed by atoms with Crippen LogP contribution in [0.25, 0.3) is 0 Å². The first kappa shape index (κ1) is 43.8. The summed E-state index contributed by atoms with van der Waals surface area (Å²) >= 11 is 0. The van der Waals surface area contributed by atoms with Crippen LogP contribution in [0.1, 0.15) is 153 Å². The fourth-order valence-electron chi connectivity index (χ4n) is 7.75. The molecule has 0 amide bonds. The zero-order valence-electron chi connectivity index (χ0n) is 35.9. The average Bonchev–Trinajstić information content (AvgIpc) is 3.13. The summed E-state index contributed by atoms with van der Waals surface area (Å²) in [6.45, 7) is 19.7. The second-order valence-electron chi connectivity index (χ2n) is 17.5.